The summed E-state index contributed by atoms with van der Waals surface area (Å²) >= 11 is 0. The molecule has 1 aromatic heterocycles. The molecule has 2 N–H and O–H groups in total. The van der Waals surface area contributed by atoms with Gasteiger partial charge in [0.25, 0.3) is 5.82 Å². The van der Waals surface area contributed by atoms with Crippen LogP contribution in [-0.2, 0) is 7.05 Å². The van der Waals surface area contributed by atoms with Gasteiger partial charge in [0.1, 0.15) is 5.21 Å². The number of nitrogens with zero attached hydrogens (tertiary/aromatic N) is 5. The number of hydrogen-bond donors (Lipinski definition) is 1. The topological polar surface area (TPSA) is 127 Å². The fourth-order valence-electron chi connectivity index (χ4n) is 0.381. The first kappa shape index (κ1) is 10.1. The average Bonchev–Trinajstić information content (AvgIpc) is 2.19. The molecule has 1 heterocycles. The van der Waals surface area contributed by atoms with Crippen LogP contribution >= 0.6 is 0 Å². The molecule has 0 radical (unpaired) electrons. The van der Waals surface area contributed by atoms with Crippen LogP contribution in [0, 0.1) is 22.2 Å². The molecule has 0 aromatic carbocycles. The third-order valence-electron chi connectivity index (χ3n) is 1.07. The van der Waals surface area contributed by atoms with Crippen molar-refractivity contribution in [2.45, 2.75) is 6.92 Å². The minimum absolute atomic E-state index is 0.824. The minimum Gasteiger partial charge on any atom is -0.356 e. The van der Waals surface area contributed by atoms with Gasteiger partial charge in [0.05, 0.1) is 12.1 Å². The number of hydrogen-bond acceptors (Lipinski definition) is 6. The fourth-order valence-corrected chi connectivity index (χ4v) is 0.381. The van der Waals surface area contributed by atoms with E-state index in [-0.39, 0.29) is 0 Å². The van der Waals surface area contributed by atoms with Gasteiger partial charge in [0.2, 0.25) is 0 Å². The van der Waals surface area contributed by atoms with Crippen molar-refractivity contribution in [1.29, 1.82) is 0 Å². The van der Waals surface area contributed by atoms with Gasteiger partial charge < -0.3 is 15.3 Å². The Morgan fingerprint density at radius 2 is 2.08 bits per heavy atom. The molecular formula is C3H8N6O3. The zero-order valence-corrected chi connectivity index (χ0v) is 6.54. The summed E-state index contributed by atoms with van der Waals surface area (Å²) in [6, 6.07) is 0. The highest BCUT2D eigenvalue weighted by molar-refractivity contribution is 4.61. The van der Waals surface area contributed by atoms with Gasteiger partial charge in [-0.25, -0.2) is 0 Å². The number of nitrogen functional groups attached to an aromatic ring is 1. The summed E-state index contributed by atoms with van der Waals surface area (Å²) < 4.78 is 1.60. The molecule has 0 aliphatic carbocycles. The van der Waals surface area contributed by atoms with E-state index in [2.05, 4.69) is 10.4 Å². The number of aryl methyl sites for hydroxylation is 1. The number of aromatic nitrogens is 4. The molecule has 0 saturated heterocycles. The van der Waals surface area contributed by atoms with Gasteiger partial charge in [-0.2, -0.15) is 0 Å². The zero-order valence-electron chi connectivity index (χ0n) is 6.54. The van der Waals surface area contributed by atoms with Crippen LogP contribution in [0.3, 0.4) is 0 Å². The quantitative estimate of drug-likeness (QED) is 0.208. The molecule has 0 aliphatic heterocycles. The van der Waals surface area contributed by atoms with E-state index in [1.54, 1.807) is 11.7 Å². The van der Waals surface area contributed by atoms with Crippen LogP contribution in [0.15, 0.2) is 0 Å². The van der Waals surface area contributed by atoms with Crippen molar-refractivity contribution in [3.8, 4) is 0 Å². The van der Waals surface area contributed by atoms with Gasteiger partial charge >= 0.3 is 0 Å². The van der Waals surface area contributed by atoms with Crippen LogP contribution < -0.4 is 10.5 Å². The highest BCUT2D eigenvalue weighted by atomic mass is 16.9. The van der Waals surface area contributed by atoms with Crippen LogP contribution in [0.4, 0.5) is 0 Å². The van der Waals surface area contributed by atoms with Crippen LogP contribution in [0.5, 0.6) is 0 Å². The van der Waals surface area contributed by atoms with Gasteiger partial charge in [0, 0.05) is 11.7 Å². The summed E-state index contributed by atoms with van der Waals surface area (Å²) in [4.78, 5) is 9.47. The van der Waals surface area contributed by atoms with Crippen molar-refractivity contribution in [2.24, 2.45) is 7.05 Å². The monoisotopic (exact) mass is 176 g/mol. The molecule has 0 atom stereocenters. The molecule has 1 rings (SSSR count). The largest absolute Gasteiger partial charge is 0.356 e. The second-order valence-corrected chi connectivity index (χ2v) is 1.82. The lowest BCUT2D eigenvalue weighted by atomic mass is 10.7. The average molecular weight is 176 g/mol. The summed E-state index contributed by atoms with van der Waals surface area (Å²) in [5.74, 6) is 6.09. The summed E-state index contributed by atoms with van der Waals surface area (Å²) in [5.41, 5.74) is 0. The smallest absolute Gasteiger partial charge is 0.280 e. The van der Waals surface area contributed by atoms with Crippen molar-refractivity contribution in [3.63, 3.8) is 0 Å². The molecule has 1 aromatic rings. The van der Waals surface area contributed by atoms with Crippen LogP contribution in [0.2, 0.25) is 0 Å². The summed E-state index contributed by atoms with van der Waals surface area (Å²) in [7, 11) is 1.78. The van der Waals surface area contributed by atoms with Crippen molar-refractivity contribution in [3.05, 3.63) is 21.1 Å². The van der Waals surface area contributed by atoms with E-state index in [0.717, 1.165) is 5.82 Å². The van der Waals surface area contributed by atoms with Crippen LogP contribution in [-0.4, -0.2) is 20.3 Å². The molecule has 0 aliphatic rings. The van der Waals surface area contributed by atoms with Crippen molar-refractivity contribution >= 4 is 0 Å². The highest BCUT2D eigenvalue weighted by Gasteiger charge is 2.06. The lowest BCUT2D eigenvalue weighted by Crippen LogP contribution is -2.34. The Morgan fingerprint density at radius 1 is 1.67 bits per heavy atom. The first-order chi connectivity index (χ1) is 5.45. The Morgan fingerprint density at radius 3 is 2.17 bits per heavy atom. The predicted octanol–water partition coefficient (Wildman–Crippen LogP) is -2.11. The molecule has 0 unspecified atom stereocenters. The standard InChI is InChI=1S/C3H8N5.NO3/c1-3-7(2)5-6-8(3)4;2-1(3)4/h4H2,1-2H3;/q+1;-1. The Bertz CT molecular complexity index is 246. The van der Waals surface area contributed by atoms with Gasteiger partial charge in [-0.1, -0.05) is 0 Å². The lowest BCUT2D eigenvalue weighted by molar-refractivity contribution is -0.737. The van der Waals surface area contributed by atoms with Gasteiger partial charge in [-0.15, -0.1) is 4.68 Å². The Hall–Kier alpha value is -1.93. The summed E-state index contributed by atoms with van der Waals surface area (Å²) in [6.45, 7) is 1.83. The normalized spacial score (nSPS) is 8.50. The van der Waals surface area contributed by atoms with E-state index >= 15 is 0 Å². The van der Waals surface area contributed by atoms with Crippen LogP contribution in [0.1, 0.15) is 5.82 Å². The van der Waals surface area contributed by atoms with E-state index in [1.165, 1.54) is 4.79 Å². The molecule has 0 spiro atoms. The fraction of sp³-hybridized carbons (Fsp3) is 0.667. The maximum Gasteiger partial charge on any atom is 0.280 e. The van der Waals surface area contributed by atoms with Crippen LogP contribution in [0.25, 0.3) is 0 Å². The minimum atomic E-state index is -1.75. The number of rotatable bonds is 0. The second kappa shape index (κ2) is 4.05. The Kier molecular flexibility index (Phi) is 3.40. The third kappa shape index (κ3) is 3.29. The van der Waals surface area contributed by atoms with E-state index in [4.69, 9.17) is 21.2 Å². The number of nitrogens with two attached hydrogens (primary N) is 1. The molecule has 0 amide bonds. The SMILES string of the molecule is Cc1n(N)nn[n+]1C.O=[N+]([O-])[O-]. The van der Waals surface area contributed by atoms with Gasteiger partial charge in [0.15, 0.2) is 5.21 Å². The molecule has 12 heavy (non-hydrogen) atoms. The molecular weight excluding hydrogens is 168 g/mol. The number of tetrazole rings is 1. The lowest BCUT2D eigenvalue weighted by Gasteiger charge is -1.78. The van der Waals surface area contributed by atoms with Crippen molar-refractivity contribution in [1.82, 2.24) is 15.2 Å². The Labute approximate surface area is 67.1 Å². The maximum atomic E-state index is 8.25. The summed E-state index contributed by atoms with van der Waals surface area (Å²) in [6.07, 6.45) is 0. The summed E-state index contributed by atoms with van der Waals surface area (Å²) in [5, 5.41) is 21.9. The van der Waals surface area contributed by atoms with E-state index in [0.29, 0.717) is 0 Å². The van der Waals surface area contributed by atoms with E-state index in [1.807, 2.05) is 6.92 Å². The molecule has 0 fully saturated rings. The zero-order chi connectivity index (χ0) is 9.72. The molecule has 9 nitrogen and oxygen atoms in total. The maximum absolute atomic E-state index is 8.25. The molecule has 0 bridgehead atoms. The van der Waals surface area contributed by atoms with E-state index < -0.39 is 5.09 Å². The van der Waals surface area contributed by atoms with Gasteiger partial charge in [-0.05, 0) is 0 Å². The van der Waals surface area contributed by atoms with Crippen molar-refractivity contribution < 1.29 is 9.77 Å². The third-order valence-corrected chi connectivity index (χ3v) is 1.07. The van der Waals surface area contributed by atoms with Crippen molar-refractivity contribution in [2.75, 3.05) is 5.84 Å². The highest BCUT2D eigenvalue weighted by Crippen LogP contribution is 1.72. The molecule has 0 saturated carbocycles. The molecule has 9 heteroatoms. The van der Waals surface area contributed by atoms with E-state index in [9.17, 15) is 0 Å². The predicted molar refractivity (Wildman–Crippen MR) is 36.4 cm³/mol. The first-order valence-corrected chi connectivity index (χ1v) is 2.80. The Balaban J connectivity index is 0.000000261. The second-order valence-electron chi connectivity index (χ2n) is 1.82. The van der Waals surface area contributed by atoms with Gasteiger partial charge in [-0.3, -0.25) is 5.84 Å². The first-order valence-electron chi connectivity index (χ1n) is 2.80. The molecule has 68 valence electrons.